The van der Waals surface area contributed by atoms with Gasteiger partial charge < -0.3 is 25.4 Å². The fourth-order valence-corrected chi connectivity index (χ4v) is 2.17. The Kier molecular flexibility index (Phi) is 9.51. The van der Waals surface area contributed by atoms with Gasteiger partial charge in [0.25, 0.3) is 0 Å². The number of hydrogen-bond donors (Lipinski definition) is 3. The van der Waals surface area contributed by atoms with Gasteiger partial charge in [0.05, 0.1) is 13.2 Å². The molecule has 0 atom stereocenters. The van der Waals surface area contributed by atoms with Crippen LogP contribution in [-0.2, 0) is 16.1 Å². The van der Waals surface area contributed by atoms with Gasteiger partial charge in [0.1, 0.15) is 5.75 Å². The standard InChI is InChI=1S/C19H32N4O3/c1-19(2,3)23-17(24)14-22-18(20-4)21-13-15-8-6-9-16(12-15)26-11-7-10-25-5/h6,8-9,12H,7,10-11,13-14H2,1-5H3,(H,23,24)(H2,20,21,22). The van der Waals surface area contributed by atoms with Crippen molar-refractivity contribution < 1.29 is 14.3 Å². The highest BCUT2D eigenvalue weighted by Crippen LogP contribution is 2.13. The highest BCUT2D eigenvalue weighted by Gasteiger charge is 2.13. The van der Waals surface area contributed by atoms with E-state index in [9.17, 15) is 4.79 Å². The van der Waals surface area contributed by atoms with Gasteiger partial charge in [-0.15, -0.1) is 0 Å². The average molecular weight is 364 g/mol. The first-order chi connectivity index (χ1) is 12.3. The largest absolute Gasteiger partial charge is 0.493 e. The lowest BCUT2D eigenvalue weighted by Gasteiger charge is -2.21. The fourth-order valence-electron chi connectivity index (χ4n) is 2.17. The predicted octanol–water partition coefficient (Wildman–Crippen LogP) is 1.68. The maximum Gasteiger partial charge on any atom is 0.239 e. The monoisotopic (exact) mass is 364 g/mol. The molecule has 0 saturated heterocycles. The van der Waals surface area contributed by atoms with Gasteiger partial charge in [-0.3, -0.25) is 9.79 Å². The van der Waals surface area contributed by atoms with Gasteiger partial charge in [0, 0.05) is 39.3 Å². The number of benzene rings is 1. The summed E-state index contributed by atoms with van der Waals surface area (Å²) in [6.07, 6.45) is 0.853. The third-order valence-corrected chi connectivity index (χ3v) is 3.27. The van der Waals surface area contributed by atoms with Crippen molar-refractivity contribution in [1.29, 1.82) is 0 Å². The topological polar surface area (TPSA) is 84.0 Å². The Morgan fingerprint density at radius 2 is 1.96 bits per heavy atom. The summed E-state index contributed by atoms with van der Waals surface area (Å²) < 4.78 is 10.7. The third-order valence-electron chi connectivity index (χ3n) is 3.27. The van der Waals surface area contributed by atoms with Gasteiger partial charge in [0.15, 0.2) is 5.96 Å². The number of nitrogens with zero attached hydrogens (tertiary/aromatic N) is 1. The number of hydrogen-bond acceptors (Lipinski definition) is 4. The minimum Gasteiger partial charge on any atom is -0.493 e. The van der Waals surface area contributed by atoms with Crippen molar-refractivity contribution in [3.8, 4) is 5.75 Å². The summed E-state index contributed by atoms with van der Waals surface area (Å²) in [5.41, 5.74) is 0.815. The van der Waals surface area contributed by atoms with Crippen LogP contribution in [0.2, 0.25) is 0 Å². The van der Waals surface area contributed by atoms with Crippen LogP contribution in [-0.4, -0.2) is 51.3 Å². The lowest BCUT2D eigenvalue weighted by Crippen LogP contribution is -2.48. The number of aliphatic imine (C=N–C) groups is 1. The molecular formula is C19H32N4O3. The lowest BCUT2D eigenvalue weighted by molar-refractivity contribution is -0.121. The van der Waals surface area contributed by atoms with E-state index in [4.69, 9.17) is 9.47 Å². The maximum absolute atomic E-state index is 11.9. The van der Waals surface area contributed by atoms with E-state index in [1.807, 2.05) is 45.0 Å². The Bertz CT molecular complexity index is 582. The van der Waals surface area contributed by atoms with Crippen LogP contribution in [0.4, 0.5) is 0 Å². The van der Waals surface area contributed by atoms with Crippen LogP contribution in [0.15, 0.2) is 29.3 Å². The van der Waals surface area contributed by atoms with Crippen LogP contribution in [0.3, 0.4) is 0 Å². The predicted molar refractivity (Wildman–Crippen MR) is 105 cm³/mol. The molecule has 0 aliphatic carbocycles. The molecule has 1 aromatic carbocycles. The Morgan fingerprint density at radius 1 is 1.19 bits per heavy atom. The van der Waals surface area contributed by atoms with E-state index in [0.29, 0.717) is 25.7 Å². The van der Waals surface area contributed by atoms with Gasteiger partial charge in [-0.1, -0.05) is 12.1 Å². The van der Waals surface area contributed by atoms with Crippen molar-refractivity contribution in [2.24, 2.45) is 4.99 Å². The van der Waals surface area contributed by atoms with Gasteiger partial charge in [0.2, 0.25) is 5.91 Å². The number of rotatable bonds is 9. The van der Waals surface area contributed by atoms with Crippen LogP contribution in [0.5, 0.6) is 5.75 Å². The molecule has 3 N–H and O–H groups in total. The van der Waals surface area contributed by atoms with Crippen molar-refractivity contribution in [3.63, 3.8) is 0 Å². The van der Waals surface area contributed by atoms with Crippen molar-refractivity contribution in [2.45, 2.75) is 39.3 Å². The van der Waals surface area contributed by atoms with Crippen LogP contribution < -0.4 is 20.7 Å². The minimum atomic E-state index is -0.251. The number of carbonyl (C=O) groups is 1. The SMILES string of the molecule is CN=C(NCC(=O)NC(C)(C)C)NCc1cccc(OCCCOC)c1. The van der Waals surface area contributed by atoms with E-state index < -0.39 is 0 Å². The maximum atomic E-state index is 11.9. The molecule has 0 spiro atoms. The van der Waals surface area contributed by atoms with Gasteiger partial charge in [-0.2, -0.15) is 0 Å². The molecule has 0 unspecified atom stereocenters. The summed E-state index contributed by atoms with van der Waals surface area (Å²) in [6.45, 7) is 7.89. The molecular weight excluding hydrogens is 332 g/mol. The molecule has 7 heteroatoms. The molecule has 0 aliphatic heterocycles. The van der Waals surface area contributed by atoms with Crippen molar-refractivity contribution in [1.82, 2.24) is 16.0 Å². The minimum absolute atomic E-state index is 0.0769. The van der Waals surface area contributed by atoms with Crippen LogP contribution in [0.1, 0.15) is 32.8 Å². The molecule has 0 fully saturated rings. The summed E-state index contributed by atoms with van der Waals surface area (Å²) in [4.78, 5) is 16.0. The zero-order valence-corrected chi connectivity index (χ0v) is 16.5. The van der Waals surface area contributed by atoms with Crippen LogP contribution in [0.25, 0.3) is 0 Å². The normalized spacial score (nSPS) is 11.8. The molecule has 26 heavy (non-hydrogen) atoms. The zero-order chi connectivity index (χ0) is 19.4. The van der Waals surface area contributed by atoms with E-state index in [2.05, 4.69) is 20.9 Å². The highest BCUT2D eigenvalue weighted by molar-refractivity contribution is 5.86. The summed E-state index contributed by atoms with van der Waals surface area (Å²) in [5, 5.41) is 9.10. The molecule has 0 heterocycles. The Morgan fingerprint density at radius 3 is 2.62 bits per heavy atom. The molecule has 0 radical (unpaired) electrons. The van der Waals surface area contributed by atoms with Crippen molar-refractivity contribution in [2.75, 3.05) is 33.9 Å². The molecule has 1 amide bonds. The number of carbonyl (C=O) groups excluding carboxylic acids is 1. The highest BCUT2D eigenvalue weighted by atomic mass is 16.5. The van der Waals surface area contributed by atoms with E-state index in [0.717, 1.165) is 17.7 Å². The second kappa shape index (κ2) is 11.4. The Hall–Kier alpha value is -2.28. The first kappa shape index (κ1) is 21.8. The number of amides is 1. The van der Waals surface area contributed by atoms with Crippen molar-refractivity contribution in [3.05, 3.63) is 29.8 Å². The number of nitrogens with one attached hydrogen (secondary N) is 3. The summed E-state index contributed by atoms with van der Waals surface area (Å²) in [7, 11) is 3.35. The summed E-state index contributed by atoms with van der Waals surface area (Å²) >= 11 is 0. The molecule has 146 valence electrons. The molecule has 0 aromatic heterocycles. The van der Waals surface area contributed by atoms with Gasteiger partial charge in [-0.25, -0.2) is 0 Å². The quantitative estimate of drug-likeness (QED) is 0.353. The Labute approximate surface area is 156 Å². The first-order valence-electron chi connectivity index (χ1n) is 8.80. The van der Waals surface area contributed by atoms with E-state index in [1.165, 1.54) is 0 Å². The number of guanidine groups is 1. The van der Waals surface area contributed by atoms with Gasteiger partial charge in [-0.05, 0) is 38.5 Å². The second-order valence-corrected chi connectivity index (χ2v) is 6.92. The van der Waals surface area contributed by atoms with E-state index in [1.54, 1.807) is 14.2 Å². The second-order valence-electron chi connectivity index (χ2n) is 6.92. The summed E-state index contributed by atoms with van der Waals surface area (Å²) in [5.74, 6) is 1.32. The van der Waals surface area contributed by atoms with Crippen LogP contribution >= 0.6 is 0 Å². The third kappa shape index (κ3) is 9.88. The van der Waals surface area contributed by atoms with Crippen LogP contribution in [0, 0.1) is 0 Å². The molecule has 0 saturated carbocycles. The first-order valence-corrected chi connectivity index (χ1v) is 8.80. The molecule has 0 bridgehead atoms. The fraction of sp³-hybridized carbons (Fsp3) is 0.579. The van der Waals surface area contributed by atoms with E-state index >= 15 is 0 Å². The molecule has 0 aliphatic rings. The molecule has 1 aromatic rings. The number of ether oxygens (including phenoxy) is 2. The van der Waals surface area contributed by atoms with Gasteiger partial charge >= 0.3 is 0 Å². The summed E-state index contributed by atoms with van der Waals surface area (Å²) in [6, 6.07) is 7.88. The Balaban J connectivity index is 2.42. The number of methoxy groups -OCH3 is 1. The average Bonchev–Trinajstić information content (AvgIpc) is 2.58. The molecule has 1 rings (SSSR count). The van der Waals surface area contributed by atoms with E-state index in [-0.39, 0.29) is 18.0 Å². The smallest absolute Gasteiger partial charge is 0.239 e. The lowest BCUT2D eigenvalue weighted by atomic mass is 10.1. The molecule has 7 nitrogen and oxygen atoms in total. The zero-order valence-electron chi connectivity index (χ0n) is 16.5. The van der Waals surface area contributed by atoms with Crippen molar-refractivity contribution >= 4 is 11.9 Å².